The molecule has 5 rings (SSSR count). The number of hydrogen-bond donors (Lipinski definition) is 4. The van der Waals surface area contributed by atoms with Crippen LogP contribution in [0.15, 0.2) is 84.9 Å². The Labute approximate surface area is 210 Å². The second-order valence-corrected chi connectivity index (χ2v) is 8.84. The number of amides is 1. The Bertz CT molecular complexity index is 1320. The first-order valence-electron chi connectivity index (χ1n) is 12.0. The lowest BCUT2D eigenvalue weighted by Crippen LogP contribution is -2.39. The van der Waals surface area contributed by atoms with Crippen LogP contribution in [-0.4, -0.2) is 35.0 Å². The van der Waals surface area contributed by atoms with Crippen LogP contribution >= 0.6 is 0 Å². The largest absolute Gasteiger partial charge is 0.371 e. The molecule has 4 aromatic rings. The molecule has 1 aromatic heterocycles. The molecule has 0 saturated carbocycles. The number of para-hydroxylation sites is 1. The molecule has 0 unspecified atom stereocenters. The Hall–Kier alpha value is -4.43. The number of piperidine rings is 1. The Morgan fingerprint density at radius 3 is 2.00 bits per heavy atom. The van der Waals surface area contributed by atoms with Gasteiger partial charge in [-0.25, -0.2) is 9.97 Å². The lowest BCUT2D eigenvalue weighted by Gasteiger charge is -2.32. The first-order chi connectivity index (χ1) is 17.6. The summed E-state index contributed by atoms with van der Waals surface area (Å²) in [4.78, 5) is 24.1. The minimum Gasteiger partial charge on any atom is -0.371 e. The zero-order valence-corrected chi connectivity index (χ0v) is 19.9. The van der Waals surface area contributed by atoms with Gasteiger partial charge in [0.05, 0.1) is 0 Å². The van der Waals surface area contributed by atoms with E-state index in [-0.39, 0.29) is 17.6 Å². The van der Waals surface area contributed by atoms with Crippen molar-refractivity contribution in [3.63, 3.8) is 0 Å². The number of carbonyl (C=O) groups is 1. The van der Waals surface area contributed by atoms with Gasteiger partial charge in [0.1, 0.15) is 5.69 Å². The topological polar surface area (TPSA) is 122 Å². The van der Waals surface area contributed by atoms with Crippen molar-refractivity contribution in [1.29, 1.82) is 0 Å². The summed E-state index contributed by atoms with van der Waals surface area (Å²) in [5.41, 5.74) is 16.0. The minimum atomic E-state index is -0.658. The van der Waals surface area contributed by atoms with Gasteiger partial charge in [0.25, 0.3) is 5.91 Å². The summed E-state index contributed by atoms with van der Waals surface area (Å²) in [6.45, 7) is 1.89. The first-order valence-corrected chi connectivity index (χ1v) is 12.0. The van der Waals surface area contributed by atoms with Crippen molar-refractivity contribution in [3.05, 3.63) is 90.6 Å². The van der Waals surface area contributed by atoms with Gasteiger partial charge in [0, 0.05) is 41.8 Å². The van der Waals surface area contributed by atoms with Crippen LogP contribution in [0.2, 0.25) is 0 Å². The van der Waals surface area contributed by atoms with E-state index in [0.717, 1.165) is 48.6 Å². The van der Waals surface area contributed by atoms with E-state index in [1.165, 1.54) is 0 Å². The van der Waals surface area contributed by atoms with Gasteiger partial charge < -0.3 is 27.0 Å². The molecule has 8 nitrogen and oxygen atoms in total. The fourth-order valence-corrected chi connectivity index (χ4v) is 4.29. The lowest BCUT2D eigenvalue weighted by atomic mass is 10.1. The van der Waals surface area contributed by atoms with Crippen LogP contribution in [-0.2, 0) is 0 Å². The second kappa shape index (κ2) is 10.5. The summed E-state index contributed by atoms with van der Waals surface area (Å²) >= 11 is 0. The molecule has 0 bridgehead atoms. The van der Waals surface area contributed by atoms with Gasteiger partial charge >= 0.3 is 0 Å². The van der Waals surface area contributed by atoms with E-state index in [2.05, 4.69) is 32.7 Å². The molecule has 0 radical (unpaired) electrons. The molecule has 1 amide bonds. The Kier molecular flexibility index (Phi) is 6.77. The number of carbonyl (C=O) groups excluding carboxylic acids is 1. The highest BCUT2D eigenvalue weighted by molar-refractivity contribution is 5.98. The molecule has 1 aliphatic rings. The quantitative estimate of drug-likeness (QED) is 0.304. The molecular weight excluding hydrogens is 450 g/mol. The van der Waals surface area contributed by atoms with E-state index in [9.17, 15) is 4.79 Å². The van der Waals surface area contributed by atoms with Crippen molar-refractivity contribution in [2.75, 3.05) is 28.6 Å². The molecule has 36 heavy (non-hydrogen) atoms. The number of primary amides is 1. The fourth-order valence-electron chi connectivity index (χ4n) is 4.29. The van der Waals surface area contributed by atoms with Crippen LogP contribution in [0.25, 0.3) is 11.3 Å². The Morgan fingerprint density at radius 1 is 0.778 bits per heavy atom. The number of rotatable bonds is 7. The number of nitrogens with two attached hydrogens (primary N) is 2. The van der Waals surface area contributed by atoms with E-state index in [1.54, 1.807) is 0 Å². The third kappa shape index (κ3) is 5.29. The fraction of sp³-hybridized carbons (Fsp3) is 0.179. The van der Waals surface area contributed by atoms with E-state index in [4.69, 9.17) is 16.5 Å². The highest BCUT2D eigenvalue weighted by atomic mass is 16.1. The summed E-state index contributed by atoms with van der Waals surface area (Å²) in [7, 11) is 0. The van der Waals surface area contributed by atoms with E-state index < -0.39 is 5.91 Å². The Morgan fingerprint density at radius 2 is 1.36 bits per heavy atom. The summed E-state index contributed by atoms with van der Waals surface area (Å²) in [5.74, 6) is 0.146. The maximum absolute atomic E-state index is 12.4. The number of hydrogen-bond acceptors (Lipinski definition) is 7. The highest BCUT2D eigenvalue weighted by Crippen LogP contribution is 2.31. The number of benzene rings is 3. The summed E-state index contributed by atoms with van der Waals surface area (Å²) in [6, 6.07) is 27.6. The van der Waals surface area contributed by atoms with Gasteiger partial charge in [-0.3, -0.25) is 4.79 Å². The zero-order valence-electron chi connectivity index (χ0n) is 19.9. The maximum atomic E-state index is 12.4. The number of nitrogens with zero attached hydrogens (tertiary/aromatic N) is 3. The van der Waals surface area contributed by atoms with Gasteiger partial charge in [0.15, 0.2) is 17.3 Å². The average molecular weight is 480 g/mol. The van der Waals surface area contributed by atoms with Gasteiger partial charge in [-0.2, -0.15) is 0 Å². The molecule has 0 atom stereocenters. The first kappa shape index (κ1) is 23.3. The molecule has 6 N–H and O–H groups in total. The monoisotopic (exact) mass is 479 g/mol. The predicted octanol–water partition coefficient (Wildman–Crippen LogP) is 4.66. The summed E-state index contributed by atoms with van der Waals surface area (Å²) in [6.07, 6.45) is 1.98. The average Bonchev–Trinajstić information content (AvgIpc) is 2.91. The van der Waals surface area contributed by atoms with E-state index >= 15 is 0 Å². The van der Waals surface area contributed by atoms with Crippen molar-refractivity contribution in [2.45, 2.75) is 18.9 Å². The third-order valence-electron chi connectivity index (χ3n) is 6.25. The molecule has 3 aromatic carbocycles. The standard InChI is InChI=1S/C28H29N7O/c29-20-15-17-35(18-16-20)23-13-11-22(12-14-23)32-28-25(26(30)36)33-24(19-7-3-1-4-8-19)27(34-28)31-21-9-5-2-6-10-21/h1-14,20H,15-18,29H2,(H2,30,36)(H2,31,32,34). The molecule has 8 heteroatoms. The molecule has 0 spiro atoms. The molecule has 182 valence electrons. The molecule has 1 aliphatic heterocycles. The van der Waals surface area contributed by atoms with Crippen LogP contribution in [0.5, 0.6) is 0 Å². The molecule has 2 heterocycles. The van der Waals surface area contributed by atoms with E-state index in [0.29, 0.717) is 11.5 Å². The van der Waals surface area contributed by atoms with Crippen molar-refractivity contribution >= 4 is 34.6 Å². The molecular formula is C28H29N7O. The highest BCUT2D eigenvalue weighted by Gasteiger charge is 2.20. The minimum absolute atomic E-state index is 0.0709. The number of nitrogens with one attached hydrogen (secondary N) is 2. The van der Waals surface area contributed by atoms with Gasteiger partial charge in [-0.15, -0.1) is 0 Å². The van der Waals surface area contributed by atoms with E-state index in [1.807, 2.05) is 72.8 Å². The zero-order chi connectivity index (χ0) is 24.9. The number of anilines is 5. The van der Waals surface area contributed by atoms with Crippen molar-refractivity contribution < 1.29 is 4.79 Å². The number of aromatic nitrogens is 2. The second-order valence-electron chi connectivity index (χ2n) is 8.84. The van der Waals surface area contributed by atoms with Crippen LogP contribution in [0.1, 0.15) is 23.3 Å². The smallest absolute Gasteiger partial charge is 0.271 e. The van der Waals surface area contributed by atoms with Crippen molar-refractivity contribution in [2.24, 2.45) is 11.5 Å². The van der Waals surface area contributed by atoms with Gasteiger partial charge in [-0.05, 0) is 49.2 Å². The van der Waals surface area contributed by atoms with Crippen molar-refractivity contribution in [3.8, 4) is 11.3 Å². The van der Waals surface area contributed by atoms with Gasteiger partial charge in [-0.1, -0.05) is 48.5 Å². The lowest BCUT2D eigenvalue weighted by molar-refractivity contribution is 0.0996. The maximum Gasteiger partial charge on any atom is 0.271 e. The van der Waals surface area contributed by atoms with Crippen LogP contribution < -0.4 is 27.0 Å². The van der Waals surface area contributed by atoms with Crippen LogP contribution in [0.3, 0.4) is 0 Å². The molecule has 0 aliphatic carbocycles. The SMILES string of the molecule is NC(=O)c1nc(-c2ccccc2)c(Nc2ccccc2)nc1Nc1ccc(N2CCC(N)CC2)cc1. The van der Waals surface area contributed by atoms with Gasteiger partial charge in [0.2, 0.25) is 0 Å². The van der Waals surface area contributed by atoms with Crippen LogP contribution in [0, 0.1) is 0 Å². The Balaban J connectivity index is 1.48. The normalized spacial score (nSPS) is 13.9. The predicted molar refractivity (Wildman–Crippen MR) is 145 cm³/mol. The third-order valence-corrected chi connectivity index (χ3v) is 6.25. The molecule has 1 fully saturated rings. The van der Waals surface area contributed by atoms with Crippen molar-refractivity contribution in [1.82, 2.24) is 9.97 Å². The summed E-state index contributed by atoms with van der Waals surface area (Å²) in [5, 5.41) is 6.58. The molecule has 1 saturated heterocycles. The summed E-state index contributed by atoms with van der Waals surface area (Å²) < 4.78 is 0. The van der Waals surface area contributed by atoms with Crippen LogP contribution in [0.4, 0.5) is 28.7 Å².